The number of benzene rings is 2. The number of carbonyl (C=O) groups is 2. The van der Waals surface area contributed by atoms with E-state index in [1.807, 2.05) is 0 Å². The first-order chi connectivity index (χ1) is 13.9. The Bertz CT molecular complexity index is 891. The third-order valence-electron chi connectivity index (χ3n) is 3.93. The molecule has 0 aliphatic heterocycles. The van der Waals surface area contributed by atoms with Crippen LogP contribution in [0.2, 0.25) is 0 Å². The number of amides is 2. The fourth-order valence-corrected chi connectivity index (χ4v) is 2.31. The Hall–Kier alpha value is -3.68. The van der Waals surface area contributed by atoms with E-state index in [2.05, 4.69) is 24.7 Å². The molecule has 29 heavy (non-hydrogen) atoms. The van der Waals surface area contributed by atoms with Crippen LogP contribution < -0.4 is 15.6 Å². The number of hydrazine groups is 1. The minimum atomic E-state index is -0.620. The van der Waals surface area contributed by atoms with E-state index in [0.29, 0.717) is 23.8 Å². The summed E-state index contributed by atoms with van der Waals surface area (Å²) in [6, 6.07) is 12.6. The average Bonchev–Trinajstić information content (AvgIpc) is 2.70. The van der Waals surface area contributed by atoms with Crippen molar-refractivity contribution < 1.29 is 19.2 Å². The van der Waals surface area contributed by atoms with Crippen LogP contribution in [0.3, 0.4) is 0 Å². The fraction of sp³-hybridized carbons (Fsp3) is 0.238. The molecule has 0 unspecified atom stereocenters. The highest BCUT2D eigenvalue weighted by molar-refractivity contribution is 5.98. The lowest BCUT2D eigenvalue weighted by Gasteiger charge is -2.09. The molecule has 8 nitrogen and oxygen atoms in total. The maximum atomic E-state index is 12.1. The van der Waals surface area contributed by atoms with Crippen LogP contribution in [-0.2, 0) is 4.79 Å². The number of hydrogen-bond acceptors (Lipinski definition) is 5. The van der Waals surface area contributed by atoms with Gasteiger partial charge in [-0.1, -0.05) is 26.0 Å². The standard InChI is InChI=1S/C21H23N3O5/c1-15(2)13-14-29-18-10-7-17(8-11-18)21(26)23-22-20(25)12-9-16-5-3-4-6-19(16)24(27)28/h3-12,15H,13-14H2,1-2H3,(H,22,25)(H,23,26)/b12-9+. The number of nitrogens with zero attached hydrogens (tertiary/aromatic N) is 1. The van der Waals surface area contributed by atoms with Crippen molar-refractivity contribution in [2.24, 2.45) is 5.92 Å². The van der Waals surface area contributed by atoms with Gasteiger partial charge in [-0.25, -0.2) is 0 Å². The molecular weight excluding hydrogens is 374 g/mol. The van der Waals surface area contributed by atoms with Crippen molar-refractivity contribution in [2.75, 3.05) is 6.61 Å². The molecule has 0 atom stereocenters. The van der Waals surface area contributed by atoms with Gasteiger partial charge >= 0.3 is 0 Å². The summed E-state index contributed by atoms with van der Waals surface area (Å²) < 4.78 is 5.59. The Balaban J connectivity index is 1.85. The number of para-hydroxylation sites is 1. The monoisotopic (exact) mass is 397 g/mol. The number of nitrogens with one attached hydrogen (secondary N) is 2. The molecule has 2 amide bonds. The largest absolute Gasteiger partial charge is 0.494 e. The average molecular weight is 397 g/mol. The lowest BCUT2D eigenvalue weighted by molar-refractivity contribution is -0.385. The molecule has 0 radical (unpaired) electrons. The highest BCUT2D eigenvalue weighted by Crippen LogP contribution is 2.18. The number of ether oxygens (including phenoxy) is 1. The van der Waals surface area contributed by atoms with Crippen LogP contribution in [0.4, 0.5) is 5.69 Å². The quantitative estimate of drug-likeness (QED) is 0.402. The molecule has 0 fully saturated rings. The van der Waals surface area contributed by atoms with Crippen LogP contribution in [0, 0.1) is 16.0 Å². The Morgan fingerprint density at radius 3 is 2.45 bits per heavy atom. The Labute approximate surface area is 168 Å². The zero-order valence-electron chi connectivity index (χ0n) is 16.3. The summed E-state index contributed by atoms with van der Waals surface area (Å²) in [7, 11) is 0. The smallest absolute Gasteiger partial charge is 0.276 e. The maximum absolute atomic E-state index is 12.1. The Kier molecular flexibility index (Phi) is 7.90. The van der Waals surface area contributed by atoms with Gasteiger partial charge in [-0.2, -0.15) is 0 Å². The predicted molar refractivity (Wildman–Crippen MR) is 109 cm³/mol. The van der Waals surface area contributed by atoms with Crippen molar-refractivity contribution in [3.63, 3.8) is 0 Å². The van der Waals surface area contributed by atoms with Crippen LogP contribution >= 0.6 is 0 Å². The predicted octanol–water partition coefficient (Wildman–Crippen LogP) is 3.49. The van der Waals surface area contributed by atoms with Crippen LogP contribution in [0.1, 0.15) is 36.2 Å². The third kappa shape index (κ3) is 7.10. The molecule has 0 aromatic heterocycles. The normalized spacial score (nSPS) is 10.7. The molecular formula is C21H23N3O5. The molecule has 2 aromatic rings. The van der Waals surface area contributed by atoms with Gasteiger partial charge in [-0.3, -0.25) is 30.6 Å². The lowest BCUT2D eigenvalue weighted by Crippen LogP contribution is -2.40. The second kappa shape index (κ2) is 10.6. The molecule has 0 saturated heterocycles. The molecule has 2 rings (SSSR count). The summed E-state index contributed by atoms with van der Waals surface area (Å²) in [5.74, 6) is 0.0978. The van der Waals surface area contributed by atoms with Crippen molar-refractivity contribution in [1.29, 1.82) is 0 Å². The van der Waals surface area contributed by atoms with E-state index in [0.717, 1.165) is 12.5 Å². The molecule has 0 aliphatic carbocycles. The van der Waals surface area contributed by atoms with E-state index in [-0.39, 0.29) is 11.3 Å². The second-order valence-corrected chi connectivity index (χ2v) is 6.65. The van der Waals surface area contributed by atoms with Gasteiger partial charge in [0.25, 0.3) is 17.5 Å². The summed E-state index contributed by atoms with van der Waals surface area (Å²) in [5, 5.41) is 11.0. The zero-order chi connectivity index (χ0) is 21.2. The highest BCUT2D eigenvalue weighted by atomic mass is 16.6. The van der Waals surface area contributed by atoms with Crippen LogP contribution in [0.15, 0.2) is 54.6 Å². The molecule has 0 aliphatic rings. The molecule has 2 aromatic carbocycles. The molecule has 8 heteroatoms. The van der Waals surface area contributed by atoms with Gasteiger partial charge in [0.1, 0.15) is 5.75 Å². The van der Waals surface area contributed by atoms with E-state index in [4.69, 9.17) is 4.74 Å². The molecule has 0 saturated carbocycles. The summed E-state index contributed by atoms with van der Waals surface area (Å²) >= 11 is 0. The van der Waals surface area contributed by atoms with Crippen molar-refractivity contribution in [2.45, 2.75) is 20.3 Å². The van der Waals surface area contributed by atoms with Gasteiger partial charge in [-0.05, 0) is 48.7 Å². The summed E-state index contributed by atoms with van der Waals surface area (Å²) in [6.07, 6.45) is 3.35. The van der Waals surface area contributed by atoms with Gasteiger partial charge in [0.2, 0.25) is 0 Å². The number of hydrogen-bond donors (Lipinski definition) is 2. The van der Waals surface area contributed by atoms with Gasteiger partial charge in [-0.15, -0.1) is 0 Å². The van der Waals surface area contributed by atoms with Crippen molar-refractivity contribution in [3.8, 4) is 5.75 Å². The van der Waals surface area contributed by atoms with Crippen molar-refractivity contribution in [3.05, 3.63) is 75.8 Å². The highest BCUT2D eigenvalue weighted by Gasteiger charge is 2.10. The number of rotatable bonds is 8. The lowest BCUT2D eigenvalue weighted by atomic mass is 10.1. The van der Waals surface area contributed by atoms with E-state index >= 15 is 0 Å². The van der Waals surface area contributed by atoms with E-state index in [9.17, 15) is 19.7 Å². The first kappa shape index (κ1) is 21.6. The van der Waals surface area contributed by atoms with Gasteiger partial charge in [0.15, 0.2) is 0 Å². The summed E-state index contributed by atoms with van der Waals surface area (Å²) in [6.45, 7) is 4.83. The third-order valence-corrected chi connectivity index (χ3v) is 3.93. The molecule has 152 valence electrons. The topological polar surface area (TPSA) is 111 Å². The van der Waals surface area contributed by atoms with Gasteiger partial charge in [0, 0.05) is 17.7 Å². The summed E-state index contributed by atoms with van der Waals surface area (Å²) in [4.78, 5) is 34.4. The van der Waals surface area contributed by atoms with Crippen LogP contribution in [-0.4, -0.2) is 23.3 Å². The van der Waals surface area contributed by atoms with Gasteiger partial charge < -0.3 is 4.74 Å². The number of nitro groups is 1. The van der Waals surface area contributed by atoms with Crippen LogP contribution in [0.5, 0.6) is 5.75 Å². The first-order valence-corrected chi connectivity index (χ1v) is 9.11. The zero-order valence-corrected chi connectivity index (χ0v) is 16.3. The fourth-order valence-electron chi connectivity index (χ4n) is 2.31. The first-order valence-electron chi connectivity index (χ1n) is 9.11. The minimum Gasteiger partial charge on any atom is -0.494 e. The Morgan fingerprint density at radius 2 is 1.79 bits per heavy atom. The van der Waals surface area contributed by atoms with E-state index in [1.165, 1.54) is 24.3 Å². The molecule has 2 N–H and O–H groups in total. The van der Waals surface area contributed by atoms with Crippen LogP contribution in [0.25, 0.3) is 6.08 Å². The molecule has 0 heterocycles. The number of carbonyl (C=O) groups excluding carboxylic acids is 2. The van der Waals surface area contributed by atoms with E-state index < -0.39 is 16.7 Å². The van der Waals surface area contributed by atoms with Crippen molar-refractivity contribution in [1.82, 2.24) is 10.9 Å². The second-order valence-electron chi connectivity index (χ2n) is 6.65. The molecule has 0 spiro atoms. The summed E-state index contributed by atoms with van der Waals surface area (Å²) in [5.41, 5.74) is 5.04. The van der Waals surface area contributed by atoms with Crippen molar-refractivity contribution >= 4 is 23.6 Å². The molecule has 0 bridgehead atoms. The number of nitro benzene ring substituents is 1. The van der Waals surface area contributed by atoms with Gasteiger partial charge in [0.05, 0.1) is 17.1 Å². The minimum absolute atomic E-state index is 0.115. The SMILES string of the molecule is CC(C)CCOc1ccc(C(=O)NNC(=O)/C=C/c2ccccc2[N+](=O)[O-])cc1. The Morgan fingerprint density at radius 1 is 1.10 bits per heavy atom. The van der Waals surface area contributed by atoms with E-state index in [1.54, 1.807) is 30.3 Å². The maximum Gasteiger partial charge on any atom is 0.276 e.